The van der Waals surface area contributed by atoms with Gasteiger partial charge in [-0.05, 0) is 63.6 Å². The standard InChI is InChI=1S/C21H31N5O/c1-3-14(2)24-21-23-13-20-18(15-8-10-22-11-9-15)12-19(26(20)25-21)16-4-6-17(27)7-5-16/h8,12-14,16-17,22,27H,3-7,9-11H2,1-2H3,(H,24,25)/t14-,16-,17-/m0/s1. The highest BCUT2D eigenvalue weighted by Gasteiger charge is 2.26. The van der Waals surface area contributed by atoms with Crippen LogP contribution in [0, 0.1) is 0 Å². The zero-order valence-electron chi connectivity index (χ0n) is 16.4. The van der Waals surface area contributed by atoms with Gasteiger partial charge in [-0.2, -0.15) is 0 Å². The Morgan fingerprint density at radius 3 is 2.85 bits per heavy atom. The molecule has 1 aliphatic carbocycles. The number of aliphatic hydroxyl groups excluding tert-OH is 1. The van der Waals surface area contributed by atoms with Crippen molar-refractivity contribution in [1.29, 1.82) is 0 Å². The maximum absolute atomic E-state index is 9.91. The molecule has 2 aromatic rings. The molecular formula is C21H31N5O. The SMILES string of the molecule is CC[C@H](C)Nc1ncc2c(C3=CCNCC3)cc([C@H]3CC[C@H](O)CC3)n2n1. The van der Waals surface area contributed by atoms with Gasteiger partial charge in [0.05, 0.1) is 17.8 Å². The van der Waals surface area contributed by atoms with E-state index < -0.39 is 0 Å². The second-order valence-electron chi connectivity index (χ2n) is 8.00. The third kappa shape index (κ3) is 3.87. The molecule has 27 heavy (non-hydrogen) atoms. The summed E-state index contributed by atoms with van der Waals surface area (Å²) in [7, 11) is 0. The summed E-state index contributed by atoms with van der Waals surface area (Å²) in [5.74, 6) is 1.14. The molecule has 3 heterocycles. The highest BCUT2D eigenvalue weighted by molar-refractivity contribution is 5.80. The van der Waals surface area contributed by atoms with Crippen molar-refractivity contribution in [1.82, 2.24) is 19.9 Å². The molecule has 1 aliphatic heterocycles. The van der Waals surface area contributed by atoms with Crippen LogP contribution in [0.25, 0.3) is 11.1 Å². The first-order valence-electron chi connectivity index (χ1n) is 10.4. The minimum Gasteiger partial charge on any atom is -0.393 e. The Hall–Kier alpha value is -1.92. The smallest absolute Gasteiger partial charge is 0.241 e. The van der Waals surface area contributed by atoms with Crippen molar-refractivity contribution in [3.8, 4) is 0 Å². The van der Waals surface area contributed by atoms with E-state index in [0.717, 1.165) is 57.1 Å². The highest BCUT2D eigenvalue weighted by atomic mass is 16.3. The molecule has 2 aliphatic rings. The van der Waals surface area contributed by atoms with E-state index in [9.17, 15) is 5.11 Å². The average molecular weight is 370 g/mol. The summed E-state index contributed by atoms with van der Waals surface area (Å²) in [6, 6.07) is 2.68. The van der Waals surface area contributed by atoms with Gasteiger partial charge in [0.25, 0.3) is 0 Å². The number of aromatic nitrogens is 3. The van der Waals surface area contributed by atoms with E-state index >= 15 is 0 Å². The topological polar surface area (TPSA) is 74.5 Å². The summed E-state index contributed by atoms with van der Waals surface area (Å²) in [5, 5.41) is 21.6. The zero-order valence-corrected chi connectivity index (χ0v) is 16.4. The van der Waals surface area contributed by atoms with Crippen LogP contribution in [-0.2, 0) is 0 Å². The van der Waals surface area contributed by atoms with Gasteiger partial charge in [-0.3, -0.25) is 0 Å². The molecule has 146 valence electrons. The molecule has 1 atom stereocenters. The van der Waals surface area contributed by atoms with Crippen molar-refractivity contribution in [3.63, 3.8) is 0 Å². The van der Waals surface area contributed by atoms with Crippen LogP contribution in [-0.4, -0.2) is 44.9 Å². The van der Waals surface area contributed by atoms with Crippen molar-refractivity contribution in [2.75, 3.05) is 18.4 Å². The fourth-order valence-corrected chi connectivity index (χ4v) is 4.19. The Morgan fingerprint density at radius 2 is 2.15 bits per heavy atom. The first kappa shape index (κ1) is 18.4. The molecule has 2 aromatic heterocycles. The normalized spacial score (nSPS) is 24.6. The van der Waals surface area contributed by atoms with E-state index in [1.165, 1.54) is 16.8 Å². The summed E-state index contributed by atoms with van der Waals surface area (Å²) >= 11 is 0. The van der Waals surface area contributed by atoms with Crippen molar-refractivity contribution in [2.24, 2.45) is 0 Å². The van der Waals surface area contributed by atoms with Gasteiger partial charge in [-0.1, -0.05) is 13.0 Å². The van der Waals surface area contributed by atoms with Gasteiger partial charge in [-0.15, -0.1) is 5.10 Å². The molecule has 0 bridgehead atoms. The lowest BCUT2D eigenvalue weighted by molar-refractivity contribution is 0.121. The van der Waals surface area contributed by atoms with Gasteiger partial charge in [0, 0.05) is 29.8 Å². The molecular weight excluding hydrogens is 338 g/mol. The molecule has 4 rings (SSSR count). The number of fused-ring (bicyclic) bond motifs is 1. The van der Waals surface area contributed by atoms with E-state index in [-0.39, 0.29) is 6.10 Å². The number of aliphatic hydroxyl groups is 1. The van der Waals surface area contributed by atoms with Crippen LogP contribution in [0.2, 0.25) is 0 Å². The Balaban J connectivity index is 1.76. The monoisotopic (exact) mass is 369 g/mol. The van der Waals surface area contributed by atoms with Crippen LogP contribution < -0.4 is 10.6 Å². The molecule has 0 radical (unpaired) electrons. The van der Waals surface area contributed by atoms with Gasteiger partial charge < -0.3 is 15.7 Å². The molecule has 1 saturated carbocycles. The van der Waals surface area contributed by atoms with E-state index in [1.807, 2.05) is 6.20 Å². The van der Waals surface area contributed by atoms with Crippen molar-refractivity contribution < 1.29 is 5.11 Å². The summed E-state index contributed by atoms with van der Waals surface area (Å²) in [5.41, 5.74) is 5.02. The largest absolute Gasteiger partial charge is 0.393 e. The summed E-state index contributed by atoms with van der Waals surface area (Å²) in [4.78, 5) is 4.59. The van der Waals surface area contributed by atoms with Crippen LogP contribution in [0.15, 0.2) is 18.3 Å². The van der Waals surface area contributed by atoms with Crippen LogP contribution in [0.4, 0.5) is 5.95 Å². The fourth-order valence-electron chi connectivity index (χ4n) is 4.19. The second-order valence-corrected chi connectivity index (χ2v) is 8.00. The second kappa shape index (κ2) is 7.98. The summed E-state index contributed by atoms with van der Waals surface area (Å²) < 4.78 is 2.11. The quantitative estimate of drug-likeness (QED) is 0.754. The first-order chi connectivity index (χ1) is 13.2. The lowest BCUT2D eigenvalue weighted by atomic mass is 9.85. The number of hydrogen-bond acceptors (Lipinski definition) is 5. The molecule has 0 unspecified atom stereocenters. The minimum atomic E-state index is -0.142. The number of nitrogens with one attached hydrogen (secondary N) is 2. The van der Waals surface area contributed by atoms with Crippen molar-refractivity contribution >= 4 is 17.0 Å². The third-order valence-corrected chi connectivity index (χ3v) is 6.06. The van der Waals surface area contributed by atoms with Crippen LogP contribution >= 0.6 is 0 Å². The molecule has 6 nitrogen and oxygen atoms in total. The summed E-state index contributed by atoms with van der Waals surface area (Å²) in [6.07, 6.45) is 9.98. The molecule has 3 N–H and O–H groups in total. The Kier molecular flexibility index (Phi) is 5.45. The van der Waals surface area contributed by atoms with Gasteiger partial charge >= 0.3 is 0 Å². The molecule has 0 aromatic carbocycles. The van der Waals surface area contributed by atoms with Crippen molar-refractivity contribution in [2.45, 2.75) is 70.4 Å². The maximum Gasteiger partial charge on any atom is 0.241 e. The van der Waals surface area contributed by atoms with Gasteiger partial charge in [-0.25, -0.2) is 9.50 Å². The molecule has 1 fully saturated rings. The fraction of sp³-hybridized carbons (Fsp3) is 0.619. The van der Waals surface area contributed by atoms with Crippen LogP contribution in [0.3, 0.4) is 0 Å². The van der Waals surface area contributed by atoms with Gasteiger partial charge in [0.2, 0.25) is 5.95 Å². The maximum atomic E-state index is 9.91. The van der Waals surface area contributed by atoms with Crippen LogP contribution in [0.1, 0.15) is 69.5 Å². The number of nitrogens with zero attached hydrogens (tertiary/aromatic N) is 3. The molecule has 6 heteroatoms. The summed E-state index contributed by atoms with van der Waals surface area (Å²) in [6.45, 7) is 6.25. The number of anilines is 1. The predicted molar refractivity (Wildman–Crippen MR) is 109 cm³/mol. The number of hydrogen-bond donors (Lipinski definition) is 3. The Bertz CT molecular complexity index is 819. The van der Waals surface area contributed by atoms with Gasteiger partial charge in [0.1, 0.15) is 0 Å². The third-order valence-electron chi connectivity index (χ3n) is 6.06. The van der Waals surface area contributed by atoms with Gasteiger partial charge in [0.15, 0.2) is 0 Å². The van der Waals surface area contributed by atoms with E-state index in [4.69, 9.17) is 5.10 Å². The Morgan fingerprint density at radius 1 is 1.33 bits per heavy atom. The molecule has 0 spiro atoms. The van der Waals surface area contributed by atoms with Crippen LogP contribution in [0.5, 0.6) is 0 Å². The number of rotatable bonds is 5. The van der Waals surface area contributed by atoms with Crippen molar-refractivity contribution in [3.05, 3.63) is 29.6 Å². The molecule has 0 amide bonds. The first-order valence-corrected chi connectivity index (χ1v) is 10.4. The Labute approximate surface area is 161 Å². The van der Waals surface area contributed by atoms with E-state index in [2.05, 4.69) is 46.1 Å². The highest BCUT2D eigenvalue weighted by Crippen LogP contribution is 2.37. The van der Waals surface area contributed by atoms with E-state index in [0.29, 0.717) is 17.9 Å². The zero-order chi connectivity index (χ0) is 18.8. The van der Waals surface area contributed by atoms with E-state index in [1.54, 1.807) is 0 Å². The molecule has 0 saturated heterocycles. The predicted octanol–water partition coefficient (Wildman–Crippen LogP) is 3.33. The lowest BCUT2D eigenvalue weighted by Crippen LogP contribution is -2.20. The lowest BCUT2D eigenvalue weighted by Gasteiger charge is -2.25. The minimum absolute atomic E-state index is 0.142. The average Bonchev–Trinajstić information content (AvgIpc) is 3.08.